The van der Waals surface area contributed by atoms with E-state index in [9.17, 15) is 10.2 Å². The van der Waals surface area contributed by atoms with Crippen LogP contribution in [-0.4, -0.2) is 29.1 Å². The summed E-state index contributed by atoms with van der Waals surface area (Å²) in [6.07, 6.45) is 9.22. The number of hydrogen-bond donors (Lipinski definition) is 3. The van der Waals surface area contributed by atoms with E-state index in [0.29, 0.717) is 11.8 Å². The second-order valence-corrected chi connectivity index (χ2v) is 8.12. The Morgan fingerprint density at radius 2 is 1.90 bits per heavy atom. The number of rotatable bonds is 0. The number of piperidine rings is 1. The van der Waals surface area contributed by atoms with E-state index in [1.54, 1.807) is 5.57 Å². The van der Waals surface area contributed by atoms with Crippen LogP contribution in [0.2, 0.25) is 0 Å². The molecule has 4 rings (SSSR count). The molecule has 2 saturated carbocycles. The number of allylic oxidation sites excluding steroid dienone is 3. The molecule has 0 aromatic heterocycles. The van der Waals surface area contributed by atoms with Crippen molar-refractivity contribution in [3.8, 4) is 0 Å². The minimum Gasteiger partial charge on any atom is -0.393 e. The van der Waals surface area contributed by atoms with Crippen molar-refractivity contribution in [1.29, 1.82) is 0 Å². The highest BCUT2D eigenvalue weighted by atomic mass is 16.3. The lowest BCUT2D eigenvalue weighted by molar-refractivity contribution is 0.00130. The van der Waals surface area contributed by atoms with Crippen LogP contribution >= 0.6 is 0 Å². The Kier molecular flexibility index (Phi) is 2.95. The molecular weight excluding hydrogens is 262 g/mol. The molecule has 2 unspecified atom stereocenters. The van der Waals surface area contributed by atoms with E-state index in [0.717, 1.165) is 32.2 Å². The number of hydrogen-bond acceptors (Lipinski definition) is 3. The fourth-order valence-corrected chi connectivity index (χ4v) is 5.65. The molecule has 1 saturated heterocycles. The topological polar surface area (TPSA) is 52.5 Å². The van der Waals surface area contributed by atoms with Gasteiger partial charge in [-0.25, -0.2) is 0 Å². The van der Waals surface area contributed by atoms with Crippen LogP contribution < -0.4 is 5.32 Å². The van der Waals surface area contributed by atoms with Crippen molar-refractivity contribution in [2.24, 2.45) is 22.7 Å². The summed E-state index contributed by atoms with van der Waals surface area (Å²) >= 11 is 0. The lowest BCUT2D eigenvalue weighted by atomic mass is 9.53. The maximum atomic E-state index is 10.4. The highest BCUT2D eigenvalue weighted by Gasteiger charge is 2.56. The molecule has 0 amide bonds. The lowest BCUT2D eigenvalue weighted by Crippen LogP contribution is -2.53. The summed E-state index contributed by atoms with van der Waals surface area (Å²) in [5.41, 5.74) is 3.22. The predicted octanol–water partition coefficient (Wildman–Crippen LogP) is 2.36. The Morgan fingerprint density at radius 3 is 2.71 bits per heavy atom. The van der Waals surface area contributed by atoms with Gasteiger partial charge < -0.3 is 10.2 Å². The number of fused-ring (bicyclic) bond motifs is 5. The van der Waals surface area contributed by atoms with Crippen molar-refractivity contribution >= 4 is 0 Å². The molecule has 3 N–H and O–H groups in total. The van der Waals surface area contributed by atoms with Crippen LogP contribution in [0.15, 0.2) is 23.3 Å². The number of aliphatic hydroxyl groups excluding tert-OH is 2. The molecule has 3 aliphatic carbocycles. The van der Waals surface area contributed by atoms with Crippen molar-refractivity contribution < 1.29 is 10.2 Å². The van der Waals surface area contributed by atoms with E-state index >= 15 is 0 Å². The summed E-state index contributed by atoms with van der Waals surface area (Å²) in [6, 6.07) is 0. The molecule has 0 bridgehead atoms. The largest absolute Gasteiger partial charge is 0.393 e. The van der Waals surface area contributed by atoms with Gasteiger partial charge in [0.25, 0.3) is 0 Å². The van der Waals surface area contributed by atoms with E-state index < -0.39 is 0 Å². The summed E-state index contributed by atoms with van der Waals surface area (Å²) in [4.78, 5) is 0. The van der Waals surface area contributed by atoms with E-state index in [4.69, 9.17) is 0 Å². The third kappa shape index (κ3) is 1.77. The molecule has 21 heavy (non-hydrogen) atoms. The molecule has 3 nitrogen and oxygen atoms in total. The van der Waals surface area contributed by atoms with Gasteiger partial charge in [0.05, 0.1) is 6.10 Å². The van der Waals surface area contributed by atoms with Crippen molar-refractivity contribution in [1.82, 2.24) is 5.32 Å². The fraction of sp³-hybridized carbons (Fsp3) is 0.778. The molecule has 1 aliphatic heterocycles. The van der Waals surface area contributed by atoms with Gasteiger partial charge in [0.15, 0.2) is 0 Å². The molecule has 6 atom stereocenters. The SMILES string of the molecule is C[C@]12CNC(O)CC1=CC=C1[C@H]2CC[C@]2(C)C(O)CC[C@@H]12. The molecule has 0 spiro atoms. The lowest BCUT2D eigenvalue weighted by Gasteiger charge is -2.54. The molecule has 3 heteroatoms. The van der Waals surface area contributed by atoms with E-state index in [1.165, 1.54) is 12.0 Å². The van der Waals surface area contributed by atoms with Crippen LogP contribution in [-0.2, 0) is 0 Å². The van der Waals surface area contributed by atoms with Gasteiger partial charge in [0.1, 0.15) is 6.23 Å². The highest BCUT2D eigenvalue weighted by Crippen LogP contribution is 2.61. The van der Waals surface area contributed by atoms with Gasteiger partial charge in [-0.3, -0.25) is 5.32 Å². The first-order valence-corrected chi connectivity index (χ1v) is 8.46. The van der Waals surface area contributed by atoms with E-state index in [1.807, 2.05) is 0 Å². The van der Waals surface area contributed by atoms with Gasteiger partial charge in [-0.15, -0.1) is 0 Å². The van der Waals surface area contributed by atoms with Crippen molar-refractivity contribution in [3.05, 3.63) is 23.3 Å². The Labute approximate surface area is 127 Å². The van der Waals surface area contributed by atoms with Gasteiger partial charge in [-0.05, 0) is 37.5 Å². The van der Waals surface area contributed by atoms with Crippen LogP contribution in [0.1, 0.15) is 46.0 Å². The summed E-state index contributed by atoms with van der Waals surface area (Å²) in [5, 5.41) is 23.6. The normalized spacial score (nSPS) is 52.4. The first-order chi connectivity index (χ1) is 9.95. The monoisotopic (exact) mass is 289 g/mol. The Morgan fingerprint density at radius 1 is 1.10 bits per heavy atom. The van der Waals surface area contributed by atoms with E-state index in [2.05, 4.69) is 31.3 Å². The minimum absolute atomic E-state index is 0.0889. The average Bonchev–Trinajstić information content (AvgIpc) is 2.76. The van der Waals surface area contributed by atoms with Crippen molar-refractivity contribution in [2.45, 2.75) is 58.3 Å². The number of nitrogens with one attached hydrogen (secondary N) is 1. The maximum Gasteiger partial charge on any atom is 0.108 e. The molecule has 0 aromatic rings. The molecule has 4 aliphatic rings. The van der Waals surface area contributed by atoms with Crippen LogP contribution in [0.4, 0.5) is 0 Å². The Balaban J connectivity index is 1.74. The van der Waals surface area contributed by atoms with Crippen molar-refractivity contribution in [2.75, 3.05) is 6.54 Å². The van der Waals surface area contributed by atoms with Gasteiger partial charge in [-0.1, -0.05) is 37.1 Å². The Hall–Kier alpha value is -0.640. The molecule has 116 valence electrons. The minimum atomic E-state index is -0.388. The fourth-order valence-electron chi connectivity index (χ4n) is 5.65. The highest BCUT2D eigenvalue weighted by molar-refractivity contribution is 5.39. The standard InChI is InChI=1S/C18H27NO2/c1-17-8-7-14-12(13(17)5-6-15(17)20)4-3-11-9-16(21)19-10-18(11,14)2/h3-4,13-16,19-21H,5-10H2,1-2H3/t13-,14+,15?,16?,17-,18-/m0/s1. The molecule has 0 radical (unpaired) electrons. The molecule has 0 aromatic carbocycles. The predicted molar refractivity (Wildman–Crippen MR) is 82.5 cm³/mol. The summed E-state index contributed by atoms with van der Waals surface area (Å²) < 4.78 is 0. The van der Waals surface area contributed by atoms with Crippen LogP contribution in [0.3, 0.4) is 0 Å². The first kappa shape index (κ1) is 14.0. The molecular formula is C18H27NO2. The van der Waals surface area contributed by atoms with Gasteiger partial charge in [-0.2, -0.15) is 0 Å². The second-order valence-electron chi connectivity index (χ2n) is 8.12. The molecule has 3 fully saturated rings. The third-order valence-electron chi connectivity index (χ3n) is 7.16. The summed E-state index contributed by atoms with van der Waals surface area (Å²) in [6.45, 7) is 5.52. The zero-order valence-electron chi connectivity index (χ0n) is 13.1. The Bertz CT molecular complexity index is 525. The quantitative estimate of drug-likeness (QED) is 0.641. The third-order valence-corrected chi connectivity index (χ3v) is 7.16. The summed E-state index contributed by atoms with van der Waals surface area (Å²) in [5.74, 6) is 1.13. The van der Waals surface area contributed by atoms with Gasteiger partial charge in [0, 0.05) is 23.8 Å². The van der Waals surface area contributed by atoms with Gasteiger partial charge in [0.2, 0.25) is 0 Å². The second kappa shape index (κ2) is 4.43. The summed E-state index contributed by atoms with van der Waals surface area (Å²) in [7, 11) is 0. The maximum absolute atomic E-state index is 10.4. The zero-order valence-corrected chi connectivity index (χ0v) is 13.1. The average molecular weight is 289 g/mol. The zero-order chi connectivity index (χ0) is 14.8. The van der Waals surface area contributed by atoms with Crippen LogP contribution in [0.25, 0.3) is 0 Å². The van der Waals surface area contributed by atoms with Gasteiger partial charge >= 0.3 is 0 Å². The van der Waals surface area contributed by atoms with Crippen LogP contribution in [0.5, 0.6) is 0 Å². The first-order valence-electron chi connectivity index (χ1n) is 8.46. The number of aliphatic hydroxyl groups is 2. The van der Waals surface area contributed by atoms with E-state index in [-0.39, 0.29) is 23.2 Å². The van der Waals surface area contributed by atoms with Crippen LogP contribution in [0, 0.1) is 22.7 Å². The smallest absolute Gasteiger partial charge is 0.108 e. The van der Waals surface area contributed by atoms with Crippen molar-refractivity contribution in [3.63, 3.8) is 0 Å². The molecule has 1 heterocycles.